The Labute approximate surface area is 99.6 Å². The quantitative estimate of drug-likeness (QED) is 0.663. The smallest absolute Gasteiger partial charge is 0.319 e. The number of phenols is 1. The minimum Gasteiger partial charge on any atom is -0.506 e. The molecule has 0 aromatic heterocycles. The first-order valence-corrected chi connectivity index (χ1v) is 5.23. The van der Waals surface area contributed by atoms with Gasteiger partial charge in [-0.1, -0.05) is 11.6 Å². The molecule has 0 aliphatic carbocycles. The second-order valence-corrected chi connectivity index (χ2v) is 4.93. The van der Waals surface area contributed by atoms with E-state index in [-0.39, 0.29) is 23.0 Å². The first-order valence-electron chi connectivity index (χ1n) is 4.85. The third kappa shape index (κ3) is 3.98. The Hall–Kier alpha value is -1.42. The fourth-order valence-corrected chi connectivity index (χ4v) is 1.27. The van der Waals surface area contributed by atoms with E-state index in [1.54, 1.807) is 6.07 Å². The summed E-state index contributed by atoms with van der Waals surface area (Å²) in [5, 5.41) is 15.2. The van der Waals surface area contributed by atoms with Crippen LogP contribution in [0.25, 0.3) is 0 Å². The summed E-state index contributed by atoms with van der Waals surface area (Å²) in [6.45, 7) is 5.60. The Morgan fingerprint density at radius 3 is 2.56 bits per heavy atom. The molecule has 0 spiro atoms. The topological polar surface area (TPSA) is 61.4 Å². The third-order valence-corrected chi connectivity index (χ3v) is 1.93. The molecule has 0 unspecified atom stereocenters. The Morgan fingerprint density at radius 2 is 2.00 bits per heavy atom. The zero-order valence-electron chi connectivity index (χ0n) is 9.47. The van der Waals surface area contributed by atoms with Crippen molar-refractivity contribution in [1.82, 2.24) is 5.32 Å². The highest BCUT2D eigenvalue weighted by molar-refractivity contribution is 6.31. The fourth-order valence-electron chi connectivity index (χ4n) is 1.10. The van der Waals surface area contributed by atoms with Crippen LogP contribution < -0.4 is 10.6 Å². The number of halogens is 1. The van der Waals surface area contributed by atoms with E-state index in [1.165, 1.54) is 12.1 Å². The lowest BCUT2D eigenvalue weighted by Crippen LogP contribution is -2.43. The van der Waals surface area contributed by atoms with Gasteiger partial charge in [0, 0.05) is 10.6 Å². The summed E-state index contributed by atoms with van der Waals surface area (Å²) in [7, 11) is 0. The van der Waals surface area contributed by atoms with Gasteiger partial charge in [-0.3, -0.25) is 0 Å². The summed E-state index contributed by atoms with van der Waals surface area (Å²) in [5.74, 6) is -0.0199. The molecule has 0 aliphatic rings. The molecule has 1 rings (SSSR count). The largest absolute Gasteiger partial charge is 0.506 e. The van der Waals surface area contributed by atoms with Gasteiger partial charge in [0.05, 0.1) is 5.69 Å². The predicted octanol–water partition coefficient (Wildman–Crippen LogP) is 2.97. The van der Waals surface area contributed by atoms with Gasteiger partial charge in [-0.05, 0) is 39.0 Å². The molecule has 0 bridgehead atoms. The third-order valence-electron chi connectivity index (χ3n) is 1.70. The Bertz CT molecular complexity index is 399. The van der Waals surface area contributed by atoms with Gasteiger partial charge in [-0.2, -0.15) is 0 Å². The molecule has 5 heteroatoms. The van der Waals surface area contributed by atoms with E-state index in [0.717, 1.165) is 0 Å². The van der Waals surface area contributed by atoms with Crippen LogP contribution in [0.2, 0.25) is 5.02 Å². The number of hydrogen-bond acceptors (Lipinski definition) is 2. The fraction of sp³-hybridized carbons (Fsp3) is 0.364. The number of anilines is 1. The molecule has 0 fully saturated rings. The van der Waals surface area contributed by atoms with E-state index >= 15 is 0 Å². The van der Waals surface area contributed by atoms with Crippen LogP contribution in [0.5, 0.6) is 5.75 Å². The second kappa shape index (κ2) is 4.61. The Balaban J connectivity index is 2.73. The van der Waals surface area contributed by atoms with Crippen molar-refractivity contribution in [3.63, 3.8) is 0 Å². The van der Waals surface area contributed by atoms with Crippen molar-refractivity contribution in [2.45, 2.75) is 26.3 Å². The molecule has 0 aliphatic heterocycles. The summed E-state index contributed by atoms with van der Waals surface area (Å²) >= 11 is 5.75. The van der Waals surface area contributed by atoms with Crippen LogP contribution in [-0.2, 0) is 0 Å². The van der Waals surface area contributed by atoms with Gasteiger partial charge in [0.25, 0.3) is 0 Å². The molecule has 3 N–H and O–H groups in total. The van der Waals surface area contributed by atoms with E-state index in [2.05, 4.69) is 10.6 Å². The Morgan fingerprint density at radius 1 is 1.38 bits per heavy atom. The van der Waals surface area contributed by atoms with E-state index in [9.17, 15) is 9.90 Å². The van der Waals surface area contributed by atoms with Gasteiger partial charge in [0.2, 0.25) is 0 Å². The first kappa shape index (κ1) is 12.6. The number of hydrogen-bond donors (Lipinski definition) is 3. The molecule has 0 heterocycles. The van der Waals surface area contributed by atoms with Gasteiger partial charge in [0.15, 0.2) is 0 Å². The molecule has 88 valence electrons. The van der Waals surface area contributed by atoms with Gasteiger partial charge in [0.1, 0.15) is 5.75 Å². The number of phenolic OH excluding ortho intramolecular Hbond substituents is 1. The summed E-state index contributed by atoms with van der Waals surface area (Å²) in [5.41, 5.74) is -0.0487. The SMILES string of the molecule is CC(C)(C)NC(=O)Nc1cc(Cl)ccc1O. The van der Waals surface area contributed by atoms with Gasteiger partial charge in [-0.15, -0.1) is 0 Å². The van der Waals surface area contributed by atoms with Crippen LogP contribution in [0.4, 0.5) is 10.5 Å². The second-order valence-electron chi connectivity index (χ2n) is 4.49. The van der Waals surface area contributed by atoms with E-state index < -0.39 is 0 Å². The summed E-state index contributed by atoms with van der Waals surface area (Å²) in [6.07, 6.45) is 0. The molecule has 2 amide bonds. The lowest BCUT2D eigenvalue weighted by Gasteiger charge is -2.21. The molecule has 0 radical (unpaired) electrons. The number of rotatable bonds is 1. The zero-order chi connectivity index (χ0) is 12.3. The molecule has 4 nitrogen and oxygen atoms in total. The standard InChI is InChI=1S/C11H15ClN2O2/c1-11(2,3)14-10(16)13-8-6-7(12)4-5-9(8)15/h4-6,15H,1-3H3,(H2,13,14,16). The van der Waals surface area contributed by atoms with Crippen molar-refractivity contribution in [2.75, 3.05) is 5.32 Å². The van der Waals surface area contributed by atoms with Crippen LogP contribution in [0.3, 0.4) is 0 Å². The normalized spacial score (nSPS) is 11.0. The first-order chi connectivity index (χ1) is 7.28. The number of benzene rings is 1. The van der Waals surface area contributed by atoms with Crippen molar-refractivity contribution in [3.8, 4) is 5.75 Å². The van der Waals surface area contributed by atoms with Gasteiger partial charge >= 0.3 is 6.03 Å². The maximum Gasteiger partial charge on any atom is 0.319 e. The molecule has 0 atom stereocenters. The molecule has 1 aromatic rings. The van der Waals surface area contributed by atoms with Crippen molar-refractivity contribution in [1.29, 1.82) is 0 Å². The van der Waals surface area contributed by atoms with Crippen molar-refractivity contribution < 1.29 is 9.90 Å². The monoisotopic (exact) mass is 242 g/mol. The number of aromatic hydroxyl groups is 1. The van der Waals surface area contributed by atoms with Crippen molar-refractivity contribution in [2.24, 2.45) is 0 Å². The van der Waals surface area contributed by atoms with Crippen LogP contribution in [0, 0.1) is 0 Å². The lowest BCUT2D eigenvalue weighted by atomic mass is 10.1. The van der Waals surface area contributed by atoms with E-state index in [1.807, 2.05) is 20.8 Å². The summed E-state index contributed by atoms with van der Waals surface area (Å²) in [4.78, 5) is 11.5. The maximum atomic E-state index is 11.5. The molecule has 1 aromatic carbocycles. The van der Waals surface area contributed by atoms with E-state index in [4.69, 9.17) is 11.6 Å². The van der Waals surface area contributed by atoms with Gasteiger partial charge in [-0.25, -0.2) is 4.79 Å². The van der Waals surface area contributed by atoms with E-state index in [0.29, 0.717) is 5.02 Å². The molecule has 0 saturated carbocycles. The summed E-state index contributed by atoms with van der Waals surface area (Å²) in [6, 6.07) is 4.07. The van der Waals surface area contributed by atoms with Crippen LogP contribution in [0.15, 0.2) is 18.2 Å². The lowest BCUT2D eigenvalue weighted by molar-refractivity contribution is 0.243. The molecular weight excluding hydrogens is 228 g/mol. The highest BCUT2D eigenvalue weighted by atomic mass is 35.5. The van der Waals surface area contributed by atoms with Crippen molar-refractivity contribution >= 4 is 23.3 Å². The highest BCUT2D eigenvalue weighted by Crippen LogP contribution is 2.26. The number of urea groups is 1. The average molecular weight is 243 g/mol. The van der Waals surface area contributed by atoms with Gasteiger partial charge < -0.3 is 15.7 Å². The summed E-state index contributed by atoms with van der Waals surface area (Å²) < 4.78 is 0. The molecule has 16 heavy (non-hydrogen) atoms. The molecule has 0 saturated heterocycles. The van der Waals surface area contributed by atoms with Crippen LogP contribution >= 0.6 is 11.6 Å². The number of nitrogens with one attached hydrogen (secondary N) is 2. The van der Waals surface area contributed by atoms with Crippen LogP contribution in [0.1, 0.15) is 20.8 Å². The van der Waals surface area contributed by atoms with Crippen LogP contribution in [-0.4, -0.2) is 16.7 Å². The van der Waals surface area contributed by atoms with Crippen molar-refractivity contribution in [3.05, 3.63) is 23.2 Å². The number of carbonyl (C=O) groups excluding carboxylic acids is 1. The number of amides is 2. The maximum absolute atomic E-state index is 11.5. The minimum absolute atomic E-state index is 0.0199. The zero-order valence-corrected chi connectivity index (χ0v) is 10.2. The Kier molecular flexibility index (Phi) is 3.65. The molecular formula is C11H15ClN2O2. The average Bonchev–Trinajstić information content (AvgIpc) is 2.08. The highest BCUT2D eigenvalue weighted by Gasteiger charge is 2.14. The predicted molar refractivity (Wildman–Crippen MR) is 65.0 cm³/mol. The minimum atomic E-state index is -0.384. The number of carbonyl (C=O) groups is 1.